The van der Waals surface area contributed by atoms with Gasteiger partial charge in [-0.05, 0) is 23.3 Å². The molecule has 0 atom stereocenters. The summed E-state index contributed by atoms with van der Waals surface area (Å²) >= 11 is 2.21. The summed E-state index contributed by atoms with van der Waals surface area (Å²) in [6, 6.07) is 29.3. The lowest BCUT2D eigenvalue weighted by atomic mass is 10.0. The lowest BCUT2D eigenvalue weighted by Crippen LogP contribution is -2.26. The minimum Gasteiger partial charge on any atom is -0.469 e. The maximum atomic E-state index is 14.3. The second-order valence-electron chi connectivity index (χ2n) is 15.6. The number of aromatic nitrogens is 8. The molecule has 0 saturated carbocycles. The number of hydrogen-bond acceptors (Lipinski definition) is 12. The molecule has 14 nitrogen and oxygen atoms in total. The van der Waals surface area contributed by atoms with E-state index in [2.05, 4.69) is 20.4 Å². The second kappa shape index (κ2) is 23.6. The Hall–Kier alpha value is -7.58. The number of esters is 2. The largest absolute Gasteiger partial charge is 0.469 e. The molecule has 0 unspecified atom stereocenters. The number of nitrogens with zero attached hydrogens (tertiary/aromatic N) is 8. The number of methoxy groups -OCH3 is 1. The fourth-order valence-electron chi connectivity index (χ4n) is 6.94. The van der Waals surface area contributed by atoms with Gasteiger partial charge < -0.3 is 9.47 Å². The Morgan fingerprint density at radius 3 is 1.43 bits per heavy atom. The quantitative estimate of drug-likeness (QED) is 0.0497. The number of carbonyl (C=O) groups is 2. The molecule has 0 N–H and O–H groups in total. The fraction of sp³-hybridized carbons (Fsp3) is 0.200. The summed E-state index contributed by atoms with van der Waals surface area (Å²) < 4.78 is 71.8. The zero-order valence-electron chi connectivity index (χ0n) is 37.9. The molecule has 8 rings (SSSR count). The third-order valence-corrected chi connectivity index (χ3v) is 12.6. The van der Waals surface area contributed by atoms with Crippen LogP contribution in [0.5, 0.6) is 0 Å². The number of halogens is 4. The van der Waals surface area contributed by atoms with E-state index in [1.807, 2.05) is 60.7 Å². The van der Waals surface area contributed by atoms with Crippen LogP contribution in [0, 0.1) is 23.3 Å². The van der Waals surface area contributed by atoms with Crippen molar-refractivity contribution in [3.8, 4) is 0 Å². The molecule has 8 aromatic rings. The zero-order valence-corrected chi connectivity index (χ0v) is 39.5. The molecule has 360 valence electrons. The van der Waals surface area contributed by atoms with Crippen molar-refractivity contribution in [3.05, 3.63) is 223 Å². The van der Waals surface area contributed by atoms with Crippen LogP contribution in [-0.2, 0) is 70.6 Å². The van der Waals surface area contributed by atoms with E-state index in [1.165, 1.54) is 52.9 Å². The number of aryl methyl sites for hydroxylation is 2. The molecule has 0 fully saturated rings. The Labute approximate surface area is 406 Å². The van der Waals surface area contributed by atoms with Crippen molar-refractivity contribution in [2.75, 3.05) is 7.11 Å². The van der Waals surface area contributed by atoms with Crippen molar-refractivity contribution in [2.45, 2.75) is 53.3 Å². The van der Waals surface area contributed by atoms with Gasteiger partial charge in [0.2, 0.25) is 0 Å². The predicted octanol–water partition coefficient (Wildman–Crippen LogP) is 7.78. The van der Waals surface area contributed by atoms with Crippen molar-refractivity contribution in [1.29, 1.82) is 0 Å². The standard InChI is InChI=1S/C31H26F2N4O3S.C19H18F2N4O3S/c1-36-18-21(17-34-36)19-37-28(38)16-27(41-20-24-13-8-14-25(32)30(24)33)26(35-37)15-29(39)40-31(22-9-4-2-5-10-22)23-11-6-3-7-12-23;1-24-9-12(8-22-24)10-25-17(26)7-16(15(23-25)6-18(27)28-2)29-11-13-4-3-5-14(20)19(13)21/h2-14,16-18,31H,15,19-20H2,1H3;3-5,7-9H,6,10-11H2,1-2H3. The topological polar surface area (TPSA) is 158 Å². The smallest absolute Gasteiger partial charge is 0.312 e. The van der Waals surface area contributed by atoms with Gasteiger partial charge in [0.25, 0.3) is 11.1 Å². The van der Waals surface area contributed by atoms with E-state index < -0.39 is 46.9 Å². The van der Waals surface area contributed by atoms with Gasteiger partial charge >= 0.3 is 11.9 Å². The summed E-state index contributed by atoms with van der Waals surface area (Å²) in [6.45, 7) is 0.333. The van der Waals surface area contributed by atoms with Crippen molar-refractivity contribution >= 4 is 35.5 Å². The van der Waals surface area contributed by atoms with Crippen LogP contribution in [0.1, 0.15) is 50.9 Å². The first kappa shape index (κ1) is 50.3. The highest BCUT2D eigenvalue weighted by Gasteiger charge is 2.23. The Morgan fingerprint density at radius 2 is 1.03 bits per heavy atom. The van der Waals surface area contributed by atoms with Crippen molar-refractivity contribution in [2.24, 2.45) is 14.1 Å². The second-order valence-corrected chi connectivity index (χ2v) is 17.6. The summed E-state index contributed by atoms with van der Waals surface area (Å²) in [6.07, 6.45) is 5.72. The highest BCUT2D eigenvalue weighted by Crippen LogP contribution is 2.30. The van der Waals surface area contributed by atoms with E-state index in [4.69, 9.17) is 9.47 Å². The Bertz CT molecular complexity index is 3180. The van der Waals surface area contributed by atoms with Gasteiger partial charge in [0.15, 0.2) is 29.4 Å². The lowest BCUT2D eigenvalue weighted by Gasteiger charge is -2.19. The van der Waals surface area contributed by atoms with E-state index in [-0.39, 0.29) is 54.1 Å². The molecule has 4 aromatic carbocycles. The summed E-state index contributed by atoms with van der Waals surface area (Å²) in [5, 5.41) is 17.0. The van der Waals surface area contributed by atoms with Crippen LogP contribution in [0.2, 0.25) is 0 Å². The van der Waals surface area contributed by atoms with Crippen molar-refractivity contribution < 1.29 is 36.6 Å². The first-order valence-corrected chi connectivity index (χ1v) is 23.4. The average Bonchev–Trinajstić information content (AvgIpc) is 3.97. The van der Waals surface area contributed by atoms with E-state index >= 15 is 0 Å². The number of hydrogen-bond donors (Lipinski definition) is 0. The number of thioether (sulfide) groups is 2. The van der Waals surface area contributed by atoms with E-state index in [0.717, 1.165) is 57.9 Å². The van der Waals surface area contributed by atoms with Gasteiger partial charge in [0.1, 0.15) is 0 Å². The van der Waals surface area contributed by atoms with Crippen LogP contribution < -0.4 is 11.1 Å². The van der Waals surface area contributed by atoms with Crippen molar-refractivity contribution in [3.63, 3.8) is 0 Å². The van der Waals surface area contributed by atoms with E-state index in [0.29, 0.717) is 21.2 Å². The molecular weight excluding hydrogens is 949 g/mol. The molecule has 0 spiro atoms. The van der Waals surface area contributed by atoms with Gasteiger partial charge in [0.05, 0.1) is 56.8 Å². The monoisotopic (exact) mass is 992 g/mol. The van der Waals surface area contributed by atoms with Crippen LogP contribution in [0.3, 0.4) is 0 Å². The SMILES string of the molecule is COC(=O)Cc1nn(Cc2cnn(C)c2)c(=O)cc1SCc1cccc(F)c1F.Cn1cc(Cn2nc(CC(=O)OC(c3ccccc3)c3ccccc3)c(SCc3cccc(F)c3F)cc2=O)cn1. The normalized spacial score (nSPS) is 11.0. The molecular formula is C50H44F4N8O6S2. The molecule has 4 aromatic heterocycles. The van der Waals surface area contributed by atoms with Crippen LogP contribution >= 0.6 is 23.5 Å². The highest BCUT2D eigenvalue weighted by molar-refractivity contribution is 7.98. The molecule has 20 heteroatoms. The van der Waals surface area contributed by atoms with Gasteiger partial charge in [-0.3, -0.25) is 28.5 Å². The lowest BCUT2D eigenvalue weighted by molar-refractivity contribution is -0.147. The molecule has 0 bridgehead atoms. The van der Waals surface area contributed by atoms with Gasteiger partial charge in [-0.25, -0.2) is 26.9 Å². The van der Waals surface area contributed by atoms with Crippen LogP contribution in [0.4, 0.5) is 17.6 Å². The number of rotatable bonds is 17. The van der Waals surface area contributed by atoms with E-state index in [1.54, 1.807) is 48.2 Å². The number of ether oxygens (including phenoxy) is 2. The summed E-state index contributed by atoms with van der Waals surface area (Å²) in [4.78, 5) is 51.4. The molecule has 0 saturated heterocycles. The highest BCUT2D eigenvalue weighted by atomic mass is 32.2. The molecule has 0 aliphatic heterocycles. The van der Waals surface area contributed by atoms with Gasteiger partial charge in [-0.1, -0.05) is 84.9 Å². The van der Waals surface area contributed by atoms with Crippen LogP contribution in [-0.4, -0.2) is 58.2 Å². The summed E-state index contributed by atoms with van der Waals surface area (Å²) in [7, 11) is 4.78. The molecule has 0 aliphatic rings. The summed E-state index contributed by atoms with van der Waals surface area (Å²) in [5.41, 5.74) is 3.25. The zero-order chi connectivity index (χ0) is 49.7. The van der Waals surface area contributed by atoms with Crippen LogP contribution in [0.25, 0.3) is 0 Å². The minimum atomic E-state index is -0.954. The molecule has 4 heterocycles. The van der Waals surface area contributed by atoms with Crippen molar-refractivity contribution in [1.82, 2.24) is 39.1 Å². The minimum absolute atomic E-state index is 0.0377. The number of benzene rings is 4. The predicted molar refractivity (Wildman–Crippen MR) is 254 cm³/mol. The first-order chi connectivity index (χ1) is 33.7. The van der Waals surface area contributed by atoms with E-state index in [9.17, 15) is 36.7 Å². The molecule has 70 heavy (non-hydrogen) atoms. The first-order valence-electron chi connectivity index (χ1n) is 21.4. The van der Waals surface area contributed by atoms with Gasteiger partial charge in [0, 0.05) is 82.2 Å². The molecule has 0 radical (unpaired) electrons. The fourth-order valence-corrected chi connectivity index (χ4v) is 8.93. The maximum absolute atomic E-state index is 14.3. The Kier molecular flexibility index (Phi) is 17.0. The molecule has 0 aliphatic carbocycles. The van der Waals surface area contributed by atoms with Gasteiger partial charge in [-0.15, -0.1) is 23.5 Å². The average molecular weight is 993 g/mol. The Balaban J connectivity index is 0.000000219. The number of carbonyl (C=O) groups excluding carboxylic acids is 2. The summed E-state index contributed by atoms with van der Waals surface area (Å²) in [5.74, 6) is -4.75. The molecule has 0 amide bonds. The maximum Gasteiger partial charge on any atom is 0.312 e. The third kappa shape index (κ3) is 13.3. The van der Waals surface area contributed by atoms with Crippen LogP contribution in [0.15, 0.2) is 153 Å². The van der Waals surface area contributed by atoms with Gasteiger partial charge in [-0.2, -0.15) is 20.4 Å². The Morgan fingerprint density at radius 1 is 0.600 bits per heavy atom. The third-order valence-electron chi connectivity index (χ3n) is 10.4.